The second-order valence-electron chi connectivity index (χ2n) is 3.01. The molecule has 0 saturated carbocycles. The van der Waals surface area contributed by atoms with E-state index in [0.717, 1.165) is 17.5 Å². The molecule has 2 N–H and O–H groups in total. The Balaban J connectivity index is 2.59. The quantitative estimate of drug-likeness (QED) is 0.723. The molecule has 0 bridgehead atoms. The SMILES string of the molecule is NS(=O)(=O)c1ccc2c(c1)C=CC2. The summed E-state index contributed by atoms with van der Waals surface area (Å²) < 4.78 is 22.0. The number of rotatable bonds is 1. The molecule has 2 rings (SSSR count). The van der Waals surface area contributed by atoms with Gasteiger partial charge in [0.25, 0.3) is 0 Å². The molecule has 0 aliphatic heterocycles. The lowest BCUT2D eigenvalue weighted by molar-refractivity contribution is 0.598. The largest absolute Gasteiger partial charge is 0.238 e. The van der Waals surface area contributed by atoms with Crippen molar-refractivity contribution < 1.29 is 8.42 Å². The minimum absolute atomic E-state index is 0.179. The highest BCUT2D eigenvalue weighted by atomic mass is 32.2. The monoisotopic (exact) mass is 195 g/mol. The minimum atomic E-state index is -3.56. The third kappa shape index (κ3) is 1.50. The average molecular weight is 195 g/mol. The Hall–Kier alpha value is -1.13. The van der Waals surface area contributed by atoms with Gasteiger partial charge in [-0.15, -0.1) is 0 Å². The zero-order valence-corrected chi connectivity index (χ0v) is 7.71. The standard InChI is InChI=1S/C9H9NO2S/c10-13(11,12)9-5-4-7-2-1-3-8(7)6-9/h1,3-6H,2H2,(H2,10,11,12). The van der Waals surface area contributed by atoms with E-state index in [0.29, 0.717) is 0 Å². The highest BCUT2D eigenvalue weighted by Crippen LogP contribution is 2.21. The molecule has 4 heteroatoms. The van der Waals surface area contributed by atoms with Gasteiger partial charge in [0.15, 0.2) is 0 Å². The first-order chi connectivity index (χ1) is 6.07. The van der Waals surface area contributed by atoms with E-state index in [1.807, 2.05) is 12.2 Å². The van der Waals surface area contributed by atoms with Crippen molar-refractivity contribution in [3.05, 3.63) is 35.4 Å². The van der Waals surface area contributed by atoms with Crippen LogP contribution < -0.4 is 5.14 Å². The Bertz CT molecular complexity index is 474. The number of nitrogens with two attached hydrogens (primary N) is 1. The molecule has 0 unspecified atom stereocenters. The third-order valence-electron chi connectivity index (χ3n) is 2.08. The Morgan fingerprint density at radius 2 is 2.08 bits per heavy atom. The van der Waals surface area contributed by atoms with Crippen LogP contribution in [0.4, 0.5) is 0 Å². The minimum Gasteiger partial charge on any atom is -0.225 e. The number of allylic oxidation sites excluding steroid dienone is 1. The Morgan fingerprint density at radius 1 is 1.31 bits per heavy atom. The molecule has 0 atom stereocenters. The van der Waals surface area contributed by atoms with E-state index < -0.39 is 10.0 Å². The smallest absolute Gasteiger partial charge is 0.225 e. The summed E-state index contributed by atoms with van der Waals surface area (Å²) in [5.74, 6) is 0. The molecule has 3 nitrogen and oxygen atoms in total. The normalized spacial score (nSPS) is 14.5. The Labute approximate surface area is 76.9 Å². The highest BCUT2D eigenvalue weighted by Gasteiger charge is 2.11. The van der Waals surface area contributed by atoms with Crippen LogP contribution >= 0.6 is 0 Å². The predicted molar refractivity (Wildman–Crippen MR) is 50.6 cm³/mol. The van der Waals surface area contributed by atoms with Crippen molar-refractivity contribution in [2.45, 2.75) is 11.3 Å². The van der Waals surface area contributed by atoms with Crippen LogP contribution in [0.25, 0.3) is 6.08 Å². The predicted octanol–water partition coefficient (Wildman–Crippen LogP) is 0.903. The fourth-order valence-corrected chi connectivity index (χ4v) is 1.95. The van der Waals surface area contributed by atoms with Crippen LogP contribution in [0, 0.1) is 0 Å². The van der Waals surface area contributed by atoms with Gasteiger partial charge in [-0.3, -0.25) is 0 Å². The molecule has 1 aromatic rings. The molecule has 0 heterocycles. The number of fused-ring (bicyclic) bond motifs is 1. The number of hydrogen-bond donors (Lipinski definition) is 1. The fraction of sp³-hybridized carbons (Fsp3) is 0.111. The zero-order chi connectivity index (χ0) is 9.47. The molecule has 1 aromatic carbocycles. The summed E-state index contributed by atoms with van der Waals surface area (Å²) >= 11 is 0. The van der Waals surface area contributed by atoms with Gasteiger partial charge in [-0.25, -0.2) is 13.6 Å². The van der Waals surface area contributed by atoms with Crippen molar-refractivity contribution in [2.24, 2.45) is 5.14 Å². The van der Waals surface area contributed by atoms with Crippen LogP contribution in [0.5, 0.6) is 0 Å². The van der Waals surface area contributed by atoms with Gasteiger partial charge >= 0.3 is 0 Å². The topological polar surface area (TPSA) is 60.2 Å². The lowest BCUT2D eigenvalue weighted by Crippen LogP contribution is -2.12. The molecule has 1 aliphatic rings. The molecule has 0 amide bonds. The molecular weight excluding hydrogens is 186 g/mol. The Morgan fingerprint density at radius 3 is 2.77 bits per heavy atom. The van der Waals surface area contributed by atoms with Gasteiger partial charge in [0.05, 0.1) is 4.90 Å². The van der Waals surface area contributed by atoms with Crippen LogP contribution in [0.15, 0.2) is 29.2 Å². The summed E-state index contributed by atoms with van der Waals surface area (Å²) in [4.78, 5) is 0.179. The summed E-state index contributed by atoms with van der Waals surface area (Å²) in [6, 6.07) is 4.95. The molecule has 0 saturated heterocycles. The number of sulfonamides is 1. The first kappa shape index (κ1) is 8.47. The third-order valence-corrected chi connectivity index (χ3v) is 2.99. The zero-order valence-electron chi connectivity index (χ0n) is 6.90. The van der Waals surface area contributed by atoms with E-state index in [9.17, 15) is 8.42 Å². The van der Waals surface area contributed by atoms with Crippen molar-refractivity contribution >= 4 is 16.1 Å². The van der Waals surface area contributed by atoms with E-state index in [1.165, 1.54) is 0 Å². The van der Waals surface area contributed by atoms with Crippen LogP contribution in [0.2, 0.25) is 0 Å². The van der Waals surface area contributed by atoms with Crippen molar-refractivity contribution in [3.63, 3.8) is 0 Å². The van der Waals surface area contributed by atoms with Crippen molar-refractivity contribution in [2.75, 3.05) is 0 Å². The van der Waals surface area contributed by atoms with Gasteiger partial charge in [-0.2, -0.15) is 0 Å². The second kappa shape index (κ2) is 2.68. The van der Waals surface area contributed by atoms with E-state index in [1.54, 1.807) is 18.2 Å². The van der Waals surface area contributed by atoms with Gasteiger partial charge in [-0.1, -0.05) is 18.2 Å². The molecule has 1 aliphatic carbocycles. The average Bonchev–Trinajstić information content (AvgIpc) is 2.47. The maximum Gasteiger partial charge on any atom is 0.238 e. The molecule has 0 aromatic heterocycles. The van der Waals surface area contributed by atoms with Crippen molar-refractivity contribution in [1.82, 2.24) is 0 Å². The molecule has 68 valence electrons. The summed E-state index contributed by atoms with van der Waals surface area (Å²) in [6.45, 7) is 0. The van der Waals surface area contributed by atoms with Crippen LogP contribution in [-0.2, 0) is 16.4 Å². The molecule has 0 fully saturated rings. The van der Waals surface area contributed by atoms with Gasteiger partial charge in [0.2, 0.25) is 10.0 Å². The summed E-state index contributed by atoms with van der Waals surface area (Å²) in [6.07, 6.45) is 4.78. The highest BCUT2D eigenvalue weighted by molar-refractivity contribution is 7.89. The maximum atomic E-state index is 11.0. The fourth-order valence-electron chi connectivity index (χ4n) is 1.40. The van der Waals surface area contributed by atoms with Gasteiger partial charge in [0.1, 0.15) is 0 Å². The Kier molecular flexibility index (Phi) is 1.75. The summed E-state index contributed by atoms with van der Waals surface area (Å²) in [5, 5.41) is 5.00. The second-order valence-corrected chi connectivity index (χ2v) is 4.57. The first-order valence-corrected chi connectivity index (χ1v) is 5.44. The molecule has 0 radical (unpaired) electrons. The molecule has 13 heavy (non-hydrogen) atoms. The summed E-state index contributed by atoms with van der Waals surface area (Å²) in [5.41, 5.74) is 2.10. The number of benzene rings is 1. The lowest BCUT2D eigenvalue weighted by Gasteiger charge is -2.01. The van der Waals surface area contributed by atoms with Crippen LogP contribution in [0.1, 0.15) is 11.1 Å². The van der Waals surface area contributed by atoms with Crippen LogP contribution in [-0.4, -0.2) is 8.42 Å². The van der Waals surface area contributed by atoms with E-state index in [2.05, 4.69) is 0 Å². The van der Waals surface area contributed by atoms with E-state index in [4.69, 9.17) is 5.14 Å². The summed E-state index contributed by atoms with van der Waals surface area (Å²) in [7, 11) is -3.56. The van der Waals surface area contributed by atoms with Crippen LogP contribution in [0.3, 0.4) is 0 Å². The van der Waals surface area contributed by atoms with E-state index in [-0.39, 0.29) is 4.90 Å². The lowest BCUT2D eigenvalue weighted by atomic mass is 10.1. The number of hydrogen-bond acceptors (Lipinski definition) is 2. The maximum absolute atomic E-state index is 11.0. The van der Waals surface area contributed by atoms with Gasteiger partial charge < -0.3 is 0 Å². The number of primary sulfonamides is 1. The first-order valence-electron chi connectivity index (χ1n) is 3.90. The van der Waals surface area contributed by atoms with Gasteiger partial charge in [0, 0.05) is 0 Å². The van der Waals surface area contributed by atoms with Gasteiger partial charge in [-0.05, 0) is 29.7 Å². The van der Waals surface area contributed by atoms with Crippen molar-refractivity contribution in [3.8, 4) is 0 Å². The molecular formula is C9H9NO2S. The molecule has 0 spiro atoms. The van der Waals surface area contributed by atoms with E-state index >= 15 is 0 Å². The van der Waals surface area contributed by atoms with Crippen molar-refractivity contribution in [1.29, 1.82) is 0 Å².